The van der Waals surface area contributed by atoms with Gasteiger partial charge in [-0.15, -0.1) is 0 Å². The Morgan fingerprint density at radius 2 is 2.04 bits per heavy atom. The maximum Gasteiger partial charge on any atom is 0.309 e. The molecule has 3 rings (SSSR count). The van der Waals surface area contributed by atoms with E-state index in [1.807, 2.05) is 0 Å². The lowest BCUT2D eigenvalue weighted by Crippen LogP contribution is -2.40. The number of esters is 1. The van der Waals surface area contributed by atoms with Gasteiger partial charge in [0.15, 0.2) is 6.61 Å². The quantitative estimate of drug-likeness (QED) is 0.836. The van der Waals surface area contributed by atoms with Gasteiger partial charge in [-0.1, -0.05) is 6.42 Å². The summed E-state index contributed by atoms with van der Waals surface area (Å²) in [4.78, 5) is 36.2. The van der Waals surface area contributed by atoms with Crippen molar-refractivity contribution in [1.82, 2.24) is 5.32 Å². The van der Waals surface area contributed by atoms with Gasteiger partial charge < -0.3 is 14.5 Å². The molecule has 1 unspecified atom stereocenters. The van der Waals surface area contributed by atoms with Crippen LogP contribution in [0.15, 0.2) is 22.8 Å². The van der Waals surface area contributed by atoms with Crippen LogP contribution in [0.4, 0.5) is 0 Å². The first-order valence-electron chi connectivity index (χ1n) is 8.57. The van der Waals surface area contributed by atoms with Gasteiger partial charge in [-0.25, -0.2) is 0 Å². The van der Waals surface area contributed by atoms with E-state index < -0.39 is 0 Å². The van der Waals surface area contributed by atoms with Gasteiger partial charge in [-0.2, -0.15) is 0 Å². The smallest absolute Gasteiger partial charge is 0.309 e. The lowest BCUT2D eigenvalue weighted by molar-refractivity contribution is -0.156. The van der Waals surface area contributed by atoms with Crippen molar-refractivity contribution in [3.8, 4) is 0 Å². The summed E-state index contributed by atoms with van der Waals surface area (Å²) in [5.74, 6) is -0.0119. The number of hydrogen-bond acceptors (Lipinski definition) is 5. The summed E-state index contributed by atoms with van der Waals surface area (Å²) in [5.41, 5.74) is 0. The molecule has 130 valence electrons. The Bertz CT molecular complexity index is 593. The number of ketones is 1. The number of fused-ring (bicyclic) bond motifs is 2. The first-order valence-corrected chi connectivity index (χ1v) is 8.57. The molecule has 0 saturated heterocycles. The second-order valence-electron chi connectivity index (χ2n) is 6.81. The van der Waals surface area contributed by atoms with E-state index in [1.165, 1.54) is 0 Å². The summed E-state index contributed by atoms with van der Waals surface area (Å²) in [6.45, 7) is 1.50. The van der Waals surface area contributed by atoms with E-state index in [0.29, 0.717) is 24.4 Å². The normalized spacial score (nSPS) is 27.4. The SMILES string of the molecule is C[C@@H](NC(=O)COC(=O)C1C[C@H]2CCC[C@@H](C1)C2=O)c1ccco1. The van der Waals surface area contributed by atoms with Crippen molar-refractivity contribution in [2.45, 2.75) is 45.1 Å². The third-order valence-electron chi connectivity index (χ3n) is 5.07. The van der Waals surface area contributed by atoms with Crippen LogP contribution in [0.25, 0.3) is 0 Å². The van der Waals surface area contributed by atoms with Crippen LogP contribution in [-0.4, -0.2) is 24.3 Å². The number of ether oxygens (including phenoxy) is 1. The van der Waals surface area contributed by atoms with Gasteiger partial charge in [-0.05, 0) is 44.7 Å². The molecule has 2 fully saturated rings. The lowest BCUT2D eigenvalue weighted by atomic mass is 9.67. The Kier molecular flexibility index (Phi) is 5.02. The summed E-state index contributed by atoms with van der Waals surface area (Å²) in [7, 11) is 0. The van der Waals surface area contributed by atoms with Crippen molar-refractivity contribution in [2.24, 2.45) is 17.8 Å². The van der Waals surface area contributed by atoms with Crippen molar-refractivity contribution in [1.29, 1.82) is 0 Å². The van der Waals surface area contributed by atoms with Gasteiger partial charge in [0.1, 0.15) is 11.5 Å². The van der Waals surface area contributed by atoms with Crippen LogP contribution in [0.3, 0.4) is 0 Å². The van der Waals surface area contributed by atoms with E-state index in [0.717, 1.165) is 19.3 Å². The first kappa shape index (κ1) is 16.7. The Morgan fingerprint density at radius 3 is 2.67 bits per heavy atom. The van der Waals surface area contributed by atoms with Crippen LogP contribution in [-0.2, 0) is 19.1 Å². The minimum absolute atomic E-state index is 0.00264. The van der Waals surface area contributed by atoms with Gasteiger partial charge in [-0.3, -0.25) is 14.4 Å². The zero-order valence-electron chi connectivity index (χ0n) is 13.8. The largest absolute Gasteiger partial charge is 0.467 e. The number of amides is 1. The average molecular weight is 333 g/mol. The number of rotatable bonds is 5. The number of carbonyl (C=O) groups is 3. The highest BCUT2D eigenvalue weighted by atomic mass is 16.5. The molecule has 0 radical (unpaired) electrons. The molecule has 2 saturated carbocycles. The molecule has 6 nitrogen and oxygen atoms in total. The minimum atomic E-state index is -0.362. The van der Waals surface area contributed by atoms with Crippen molar-refractivity contribution < 1.29 is 23.5 Å². The molecule has 2 aliphatic rings. The summed E-state index contributed by atoms with van der Waals surface area (Å²) in [6, 6.07) is 3.24. The van der Waals surface area contributed by atoms with E-state index in [-0.39, 0.29) is 42.3 Å². The zero-order valence-corrected chi connectivity index (χ0v) is 13.8. The van der Waals surface area contributed by atoms with Crippen LogP contribution in [0.1, 0.15) is 50.8 Å². The minimum Gasteiger partial charge on any atom is -0.467 e. The van der Waals surface area contributed by atoms with Crippen molar-refractivity contribution in [3.05, 3.63) is 24.2 Å². The first-order chi connectivity index (χ1) is 11.5. The Hall–Kier alpha value is -2.11. The fourth-order valence-electron chi connectivity index (χ4n) is 3.82. The molecule has 1 aromatic heterocycles. The second-order valence-corrected chi connectivity index (χ2v) is 6.81. The fraction of sp³-hybridized carbons (Fsp3) is 0.611. The van der Waals surface area contributed by atoms with Gasteiger partial charge in [0, 0.05) is 11.8 Å². The number of Topliss-reactive ketones (excluding diaryl/α,β-unsaturated/α-hetero) is 1. The second kappa shape index (κ2) is 7.20. The summed E-state index contributed by atoms with van der Waals surface area (Å²) in [5, 5.41) is 2.72. The highest BCUT2D eigenvalue weighted by Gasteiger charge is 2.41. The number of hydrogen-bond donors (Lipinski definition) is 1. The van der Waals surface area contributed by atoms with Crippen LogP contribution < -0.4 is 5.32 Å². The number of furan rings is 1. The molecule has 0 aromatic carbocycles. The van der Waals surface area contributed by atoms with Crippen LogP contribution in [0, 0.1) is 17.8 Å². The van der Waals surface area contributed by atoms with Crippen LogP contribution in [0.2, 0.25) is 0 Å². The molecule has 1 N–H and O–H groups in total. The topological polar surface area (TPSA) is 85.6 Å². The van der Waals surface area contributed by atoms with Gasteiger partial charge >= 0.3 is 5.97 Å². The molecule has 2 aliphatic carbocycles. The molecule has 2 bridgehead atoms. The summed E-state index contributed by atoms with van der Waals surface area (Å²) < 4.78 is 10.4. The molecule has 1 heterocycles. The monoisotopic (exact) mass is 333 g/mol. The third kappa shape index (κ3) is 3.68. The lowest BCUT2D eigenvalue weighted by Gasteiger charge is -2.36. The van der Waals surface area contributed by atoms with Crippen molar-refractivity contribution in [2.75, 3.05) is 6.61 Å². The number of carbonyl (C=O) groups excluding carboxylic acids is 3. The Morgan fingerprint density at radius 1 is 1.33 bits per heavy atom. The Balaban J connectivity index is 1.45. The third-order valence-corrected chi connectivity index (χ3v) is 5.07. The average Bonchev–Trinajstić information content (AvgIpc) is 3.07. The molecular formula is C18H23NO5. The number of nitrogens with one attached hydrogen (secondary N) is 1. The van der Waals surface area contributed by atoms with Crippen LogP contribution in [0.5, 0.6) is 0 Å². The van der Waals surface area contributed by atoms with Crippen molar-refractivity contribution >= 4 is 17.7 Å². The summed E-state index contributed by atoms with van der Waals surface area (Å²) >= 11 is 0. The predicted molar refractivity (Wildman–Crippen MR) is 84.8 cm³/mol. The molecule has 4 atom stereocenters. The predicted octanol–water partition coefficient (Wildman–Crippen LogP) is 2.40. The standard InChI is InChI=1S/C18H23NO5/c1-11(15-6-3-7-23-15)19-16(20)10-24-18(22)14-8-12-4-2-5-13(9-14)17(12)21/h3,6-7,11-14H,2,4-5,8-10H2,1H3,(H,19,20)/t11-,12-,13+,14?/m1/s1. The van der Waals surface area contributed by atoms with Gasteiger partial charge in [0.05, 0.1) is 18.2 Å². The molecule has 0 aliphatic heterocycles. The van der Waals surface area contributed by atoms with E-state index >= 15 is 0 Å². The molecule has 6 heteroatoms. The Labute approximate surface area is 140 Å². The fourth-order valence-corrected chi connectivity index (χ4v) is 3.82. The maximum absolute atomic E-state index is 12.2. The van der Waals surface area contributed by atoms with E-state index in [4.69, 9.17) is 9.15 Å². The molecular weight excluding hydrogens is 310 g/mol. The molecule has 1 aromatic rings. The summed E-state index contributed by atoms with van der Waals surface area (Å²) in [6.07, 6.45) is 5.49. The van der Waals surface area contributed by atoms with Gasteiger partial charge in [0.2, 0.25) is 0 Å². The zero-order chi connectivity index (χ0) is 17.1. The van der Waals surface area contributed by atoms with E-state index in [2.05, 4.69) is 5.32 Å². The van der Waals surface area contributed by atoms with Crippen molar-refractivity contribution in [3.63, 3.8) is 0 Å². The molecule has 1 amide bonds. The van der Waals surface area contributed by atoms with Crippen LogP contribution >= 0.6 is 0 Å². The van der Waals surface area contributed by atoms with Gasteiger partial charge in [0.25, 0.3) is 5.91 Å². The molecule has 24 heavy (non-hydrogen) atoms. The highest BCUT2D eigenvalue weighted by molar-refractivity contribution is 5.88. The molecule has 0 spiro atoms. The van der Waals surface area contributed by atoms with E-state index in [1.54, 1.807) is 25.3 Å². The highest BCUT2D eigenvalue weighted by Crippen LogP contribution is 2.40. The maximum atomic E-state index is 12.2. The van der Waals surface area contributed by atoms with E-state index in [9.17, 15) is 14.4 Å².